The second-order valence-corrected chi connectivity index (χ2v) is 8.63. The average molecular weight is 349 g/mol. The molecule has 5 N–H and O–H groups in total. The molecular formula is C14H31N4O2P2+. The van der Waals surface area contributed by atoms with Crippen molar-refractivity contribution in [1.29, 1.82) is 5.16 Å². The number of hydrogen-bond acceptors (Lipinski definition) is 5. The Balaban J connectivity index is 3.93. The summed E-state index contributed by atoms with van der Waals surface area (Å²) in [6.45, 7) is 3.03. The number of unbranched alkanes of at least 4 members (excludes halogenated alkanes) is 2. The minimum atomic E-state index is -1.10. The molecule has 6 nitrogen and oxygen atoms in total. The molecule has 4 unspecified atom stereocenters. The van der Waals surface area contributed by atoms with Crippen LogP contribution in [0.15, 0.2) is 0 Å². The monoisotopic (exact) mass is 349 g/mol. The number of nitrogens with one attached hydrogen (secondary N) is 3. The van der Waals surface area contributed by atoms with Gasteiger partial charge in [-0.05, 0) is 52.6 Å². The number of Topliss-reactive ketones (excluding diaryl/α,β-unsaturated/α-hetero) is 1. The molecule has 8 heteroatoms. The molecule has 0 aromatic rings. The molecule has 0 aromatic carbocycles. The Bertz CT molecular complexity index is 367. The molecule has 0 bridgehead atoms. The molecule has 0 aliphatic carbocycles. The third-order valence-electron chi connectivity index (χ3n) is 3.56. The third-order valence-corrected chi connectivity index (χ3v) is 5.80. The van der Waals surface area contributed by atoms with Crippen LogP contribution in [0.5, 0.6) is 0 Å². The molecule has 0 aliphatic heterocycles. The van der Waals surface area contributed by atoms with Gasteiger partial charge in [-0.25, -0.2) is 0 Å². The summed E-state index contributed by atoms with van der Waals surface area (Å²) in [6.07, 6.45) is 5.04. The number of amides is 1. The van der Waals surface area contributed by atoms with Gasteiger partial charge >= 0.3 is 0 Å². The summed E-state index contributed by atoms with van der Waals surface area (Å²) >= 11 is 0. The van der Waals surface area contributed by atoms with Gasteiger partial charge in [0.15, 0.2) is 0 Å². The SMILES string of the molecule is CNCCCCC(C(=O)NCCCCC(N)C(C)=O)[P+](=N)P. The van der Waals surface area contributed by atoms with Crippen LogP contribution in [0, 0.1) is 5.16 Å². The Labute approximate surface area is 137 Å². The molecule has 0 aliphatic rings. The van der Waals surface area contributed by atoms with Gasteiger partial charge in [-0.2, -0.15) is 0 Å². The van der Waals surface area contributed by atoms with E-state index in [2.05, 4.69) is 19.6 Å². The van der Waals surface area contributed by atoms with Crippen LogP contribution in [0.25, 0.3) is 0 Å². The molecule has 1 amide bonds. The maximum atomic E-state index is 12.1. The Morgan fingerprint density at radius 1 is 1.18 bits per heavy atom. The zero-order chi connectivity index (χ0) is 17.0. The second-order valence-electron chi connectivity index (χ2n) is 5.53. The second kappa shape index (κ2) is 13.1. The maximum Gasteiger partial charge on any atom is 0.270 e. The van der Waals surface area contributed by atoms with Crippen molar-refractivity contribution in [3.05, 3.63) is 0 Å². The van der Waals surface area contributed by atoms with Crippen LogP contribution in [0.1, 0.15) is 45.4 Å². The summed E-state index contributed by atoms with van der Waals surface area (Å²) in [6, 6.07) is -0.385. The molecule has 0 fully saturated rings. The number of rotatable bonds is 13. The minimum absolute atomic E-state index is 0.00789. The highest BCUT2D eigenvalue weighted by Gasteiger charge is 2.29. The van der Waals surface area contributed by atoms with Gasteiger partial charge in [0.05, 0.1) is 6.04 Å². The zero-order valence-electron chi connectivity index (χ0n) is 13.7. The van der Waals surface area contributed by atoms with Crippen LogP contribution in [0.3, 0.4) is 0 Å². The quantitative estimate of drug-likeness (QED) is 0.301. The van der Waals surface area contributed by atoms with Gasteiger partial charge in [0.2, 0.25) is 13.1 Å². The number of hydrogen-bond donors (Lipinski definition) is 4. The van der Waals surface area contributed by atoms with Gasteiger partial charge in [0.25, 0.3) is 5.91 Å². The van der Waals surface area contributed by atoms with E-state index in [1.54, 1.807) is 0 Å². The molecule has 0 aromatic heterocycles. The van der Waals surface area contributed by atoms with E-state index in [1.165, 1.54) is 6.92 Å². The van der Waals surface area contributed by atoms with E-state index in [0.717, 1.165) is 38.6 Å². The predicted octanol–water partition coefficient (Wildman–Crippen LogP) is 1.98. The predicted molar refractivity (Wildman–Crippen MR) is 96.4 cm³/mol. The fourth-order valence-electron chi connectivity index (χ4n) is 2.06. The molecule has 0 spiro atoms. The van der Waals surface area contributed by atoms with Crippen molar-refractivity contribution in [3.63, 3.8) is 0 Å². The lowest BCUT2D eigenvalue weighted by Crippen LogP contribution is -2.33. The number of carbonyl (C=O) groups is 2. The average Bonchev–Trinajstić information content (AvgIpc) is 2.45. The number of nitrogens with two attached hydrogens (primary N) is 1. The van der Waals surface area contributed by atoms with Crippen LogP contribution in [-0.4, -0.2) is 43.5 Å². The van der Waals surface area contributed by atoms with Crippen molar-refractivity contribution >= 4 is 28.0 Å². The molecule has 128 valence electrons. The molecule has 0 heterocycles. The third kappa shape index (κ3) is 10.3. The van der Waals surface area contributed by atoms with Crippen LogP contribution in [0.2, 0.25) is 0 Å². The normalized spacial score (nSPS) is 14.3. The van der Waals surface area contributed by atoms with E-state index in [-0.39, 0.29) is 23.4 Å². The highest BCUT2D eigenvalue weighted by Crippen LogP contribution is 2.40. The minimum Gasteiger partial charge on any atom is -0.352 e. The van der Waals surface area contributed by atoms with Gasteiger partial charge in [-0.1, -0.05) is 0 Å². The van der Waals surface area contributed by atoms with Crippen LogP contribution in [-0.2, 0) is 9.59 Å². The summed E-state index contributed by atoms with van der Waals surface area (Å²) in [5, 5.41) is 13.9. The first-order valence-electron chi connectivity index (χ1n) is 7.83. The fourth-order valence-corrected chi connectivity index (χ4v) is 3.72. The van der Waals surface area contributed by atoms with Crippen molar-refractivity contribution in [2.24, 2.45) is 5.73 Å². The van der Waals surface area contributed by atoms with Gasteiger partial charge < -0.3 is 16.4 Å². The highest BCUT2D eigenvalue weighted by atomic mass is 32.0. The van der Waals surface area contributed by atoms with Crippen LogP contribution in [0.4, 0.5) is 0 Å². The Morgan fingerprint density at radius 3 is 2.32 bits per heavy atom. The van der Waals surface area contributed by atoms with E-state index >= 15 is 0 Å². The smallest absolute Gasteiger partial charge is 0.270 e. The molecule has 0 saturated carbocycles. The van der Waals surface area contributed by atoms with Crippen molar-refractivity contribution in [3.8, 4) is 0 Å². The van der Waals surface area contributed by atoms with Crippen LogP contribution >= 0.6 is 16.3 Å². The molecule has 4 atom stereocenters. The summed E-state index contributed by atoms with van der Waals surface area (Å²) in [5.41, 5.74) is 5.45. The molecule has 0 rings (SSSR count). The number of ketones is 1. The van der Waals surface area contributed by atoms with Crippen molar-refractivity contribution < 1.29 is 9.59 Å². The van der Waals surface area contributed by atoms with Gasteiger partial charge in [0, 0.05) is 13.0 Å². The first-order valence-corrected chi connectivity index (χ1v) is 10.9. The Kier molecular flexibility index (Phi) is 12.8. The summed E-state index contributed by atoms with van der Waals surface area (Å²) in [7, 11) is 3.29. The summed E-state index contributed by atoms with van der Waals surface area (Å²) in [5.74, 6) is -0.00930. The lowest BCUT2D eigenvalue weighted by Gasteiger charge is -2.10. The molecule has 22 heavy (non-hydrogen) atoms. The van der Waals surface area contributed by atoms with Crippen molar-refractivity contribution in [2.75, 3.05) is 20.1 Å². The lowest BCUT2D eigenvalue weighted by atomic mass is 10.1. The molecular weight excluding hydrogens is 318 g/mol. The summed E-state index contributed by atoms with van der Waals surface area (Å²) in [4.78, 5) is 23.1. The van der Waals surface area contributed by atoms with E-state index < -0.39 is 7.40 Å². The lowest BCUT2D eigenvalue weighted by molar-refractivity contribution is -0.121. The topological polar surface area (TPSA) is 108 Å². The largest absolute Gasteiger partial charge is 0.352 e. The van der Waals surface area contributed by atoms with Crippen molar-refractivity contribution in [1.82, 2.24) is 10.6 Å². The standard InChI is InChI=1S/C14H30N4O2P2/c1-11(19)12(15)7-3-6-10-18-14(20)13(22(16)21)8-4-5-9-17-2/h12-13,16-17H,3-10,15,21H2,1-2H3/p+1. The van der Waals surface area contributed by atoms with Gasteiger partial charge in [-0.3, -0.25) is 9.59 Å². The molecule has 0 radical (unpaired) electrons. The maximum absolute atomic E-state index is 12.1. The van der Waals surface area contributed by atoms with E-state index in [9.17, 15) is 9.59 Å². The number of carbonyl (C=O) groups excluding carboxylic acids is 2. The first kappa shape index (κ1) is 21.6. The van der Waals surface area contributed by atoms with Gasteiger partial charge in [0.1, 0.15) is 14.7 Å². The Morgan fingerprint density at radius 2 is 1.77 bits per heavy atom. The van der Waals surface area contributed by atoms with E-state index in [0.29, 0.717) is 13.0 Å². The van der Waals surface area contributed by atoms with Crippen LogP contribution < -0.4 is 16.4 Å². The highest BCUT2D eigenvalue weighted by molar-refractivity contribution is 8.07. The van der Waals surface area contributed by atoms with E-state index in [4.69, 9.17) is 10.9 Å². The summed E-state index contributed by atoms with van der Waals surface area (Å²) < 4.78 is 0. The van der Waals surface area contributed by atoms with E-state index in [1.807, 2.05) is 7.05 Å². The zero-order valence-corrected chi connectivity index (χ0v) is 15.8. The Hall–Kier alpha value is -0.410. The fraction of sp³-hybridized carbons (Fsp3) is 0.857. The molecule has 0 saturated heterocycles. The first-order chi connectivity index (χ1) is 10.4. The van der Waals surface area contributed by atoms with Gasteiger partial charge in [-0.15, -0.1) is 5.16 Å². The van der Waals surface area contributed by atoms with Crippen molar-refractivity contribution in [2.45, 2.75) is 57.1 Å².